The number of nitrogens with zero attached hydrogens (tertiary/aromatic N) is 1. The summed E-state index contributed by atoms with van der Waals surface area (Å²) in [6.45, 7) is 3.04. The lowest BCUT2D eigenvalue weighted by atomic mass is 9.77. The van der Waals surface area contributed by atoms with Crippen molar-refractivity contribution in [2.45, 2.75) is 64.2 Å². The third-order valence-electron chi connectivity index (χ3n) is 4.88. The molecule has 124 valence electrons. The summed E-state index contributed by atoms with van der Waals surface area (Å²) in [5.74, 6) is 1.56. The Labute approximate surface area is 141 Å². The quantitative estimate of drug-likeness (QED) is 0.439. The van der Waals surface area contributed by atoms with Crippen LogP contribution in [0.4, 0.5) is 0 Å². The Morgan fingerprint density at radius 1 is 1.17 bits per heavy atom. The first-order valence-electron chi connectivity index (χ1n) is 9.10. The zero-order valence-electron chi connectivity index (χ0n) is 14.3. The number of ether oxygens (including phenoxy) is 1. The number of nitriles is 1. The van der Waals surface area contributed by atoms with Gasteiger partial charge >= 0.3 is 0 Å². The van der Waals surface area contributed by atoms with Crippen molar-refractivity contribution in [3.8, 4) is 6.07 Å². The van der Waals surface area contributed by atoms with Crippen molar-refractivity contribution in [2.24, 2.45) is 5.92 Å². The number of allylic oxidation sites excluding steroid dienone is 1. The average Bonchev–Trinajstić information content (AvgIpc) is 2.61. The monoisotopic (exact) mass is 311 g/mol. The second kappa shape index (κ2) is 10.1. The lowest BCUT2D eigenvalue weighted by Crippen LogP contribution is -2.13. The average molecular weight is 311 g/mol. The highest BCUT2D eigenvalue weighted by molar-refractivity contribution is 5.33. The molecule has 0 radical (unpaired) electrons. The van der Waals surface area contributed by atoms with Crippen molar-refractivity contribution in [2.75, 3.05) is 6.61 Å². The summed E-state index contributed by atoms with van der Waals surface area (Å²) in [6, 6.07) is 10.4. The zero-order chi connectivity index (χ0) is 16.3. The molecule has 0 aromatic heterocycles. The van der Waals surface area contributed by atoms with E-state index in [9.17, 15) is 0 Å². The fourth-order valence-corrected chi connectivity index (χ4v) is 3.44. The van der Waals surface area contributed by atoms with Crippen LogP contribution >= 0.6 is 0 Å². The van der Waals surface area contributed by atoms with Crippen molar-refractivity contribution in [3.05, 3.63) is 47.7 Å². The molecule has 2 heteroatoms. The molecule has 0 saturated heterocycles. The van der Waals surface area contributed by atoms with E-state index in [4.69, 9.17) is 10.00 Å². The third-order valence-corrected chi connectivity index (χ3v) is 4.88. The molecule has 1 aliphatic carbocycles. The third kappa shape index (κ3) is 6.10. The molecule has 0 spiro atoms. The molecule has 1 aliphatic rings. The van der Waals surface area contributed by atoms with Gasteiger partial charge in [0.1, 0.15) is 0 Å². The number of hydrogen-bond acceptors (Lipinski definition) is 2. The molecule has 1 saturated carbocycles. The van der Waals surface area contributed by atoms with E-state index in [2.05, 4.69) is 31.2 Å². The molecule has 0 heterocycles. The second-order valence-corrected chi connectivity index (χ2v) is 6.62. The van der Waals surface area contributed by atoms with Gasteiger partial charge in [-0.15, -0.1) is 0 Å². The number of rotatable bonds is 8. The van der Waals surface area contributed by atoms with Crippen molar-refractivity contribution in [3.63, 3.8) is 0 Å². The van der Waals surface area contributed by atoms with Gasteiger partial charge in [-0.3, -0.25) is 0 Å². The Morgan fingerprint density at radius 2 is 1.91 bits per heavy atom. The lowest BCUT2D eigenvalue weighted by molar-refractivity contribution is 0.219. The van der Waals surface area contributed by atoms with Crippen LogP contribution in [0.1, 0.15) is 75.3 Å². The molecule has 2 nitrogen and oxygen atoms in total. The van der Waals surface area contributed by atoms with Crippen LogP contribution in [0, 0.1) is 17.2 Å². The highest BCUT2D eigenvalue weighted by Crippen LogP contribution is 2.37. The largest absolute Gasteiger partial charge is 0.502 e. The minimum atomic E-state index is 0.687. The summed E-state index contributed by atoms with van der Waals surface area (Å²) in [6.07, 6.45) is 14.0. The Balaban J connectivity index is 1.63. The molecular formula is C21H29NO. The topological polar surface area (TPSA) is 33.0 Å². The summed E-state index contributed by atoms with van der Waals surface area (Å²) < 4.78 is 5.53. The maximum atomic E-state index is 8.87. The minimum absolute atomic E-state index is 0.687. The molecule has 1 aromatic rings. The normalized spacial score (nSPS) is 21.2. The van der Waals surface area contributed by atoms with Crippen LogP contribution in [0.3, 0.4) is 0 Å². The van der Waals surface area contributed by atoms with E-state index in [1.54, 1.807) is 0 Å². The summed E-state index contributed by atoms with van der Waals surface area (Å²) >= 11 is 0. The molecule has 0 atom stereocenters. The van der Waals surface area contributed by atoms with Gasteiger partial charge in [0.15, 0.2) is 0 Å². The second-order valence-electron chi connectivity index (χ2n) is 6.62. The maximum Gasteiger partial charge on any atom is 0.0991 e. The van der Waals surface area contributed by atoms with Gasteiger partial charge in [-0.25, -0.2) is 0 Å². The summed E-state index contributed by atoms with van der Waals surface area (Å²) in [5, 5.41) is 8.87. The molecule has 0 bridgehead atoms. The molecule has 0 aliphatic heterocycles. The van der Waals surface area contributed by atoms with Crippen molar-refractivity contribution < 1.29 is 4.74 Å². The number of unbranched alkanes of at least 4 members (excludes halogenated alkanes) is 1. The molecule has 23 heavy (non-hydrogen) atoms. The molecular weight excluding hydrogens is 282 g/mol. The first-order valence-corrected chi connectivity index (χ1v) is 9.10. The SMILES string of the molecule is CCCC=COCCCC1CCC(c2ccc(C#N)cc2)CC1. The van der Waals surface area contributed by atoms with E-state index in [1.807, 2.05) is 18.4 Å². The van der Waals surface area contributed by atoms with Crippen LogP contribution in [0.25, 0.3) is 0 Å². The smallest absolute Gasteiger partial charge is 0.0991 e. The predicted molar refractivity (Wildman–Crippen MR) is 95.1 cm³/mol. The molecule has 0 N–H and O–H groups in total. The maximum absolute atomic E-state index is 8.87. The van der Waals surface area contributed by atoms with Gasteiger partial charge < -0.3 is 4.74 Å². The van der Waals surface area contributed by atoms with Crippen LogP contribution in [-0.4, -0.2) is 6.61 Å². The fourth-order valence-electron chi connectivity index (χ4n) is 3.44. The van der Waals surface area contributed by atoms with Crippen LogP contribution in [0.15, 0.2) is 36.6 Å². The lowest BCUT2D eigenvalue weighted by Gasteiger charge is -2.28. The number of hydrogen-bond donors (Lipinski definition) is 0. The van der Waals surface area contributed by atoms with Gasteiger partial charge in [-0.05, 0) is 80.6 Å². The van der Waals surface area contributed by atoms with Crippen molar-refractivity contribution >= 4 is 0 Å². The van der Waals surface area contributed by atoms with Gasteiger partial charge in [-0.2, -0.15) is 5.26 Å². The Kier molecular flexibility index (Phi) is 7.73. The zero-order valence-corrected chi connectivity index (χ0v) is 14.3. The van der Waals surface area contributed by atoms with E-state index in [1.165, 1.54) is 50.5 Å². The first kappa shape index (κ1) is 17.6. The first-order chi connectivity index (χ1) is 11.3. The predicted octanol–water partition coefficient (Wildman–Crippen LogP) is 5.94. The van der Waals surface area contributed by atoms with Crippen molar-refractivity contribution in [1.82, 2.24) is 0 Å². The van der Waals surface area contributed by atoms with Crippen LogP contribution in [0.5, 0.6) is 0 Å². The summed E-state index contributed by atoms with van der Waals surface area (Å²) in [4.78, 5) is 0. The standard InChI is InChI=1S/C21H29NO/c1-2-3-4-15-23-16-5-6-18-7-11-20(12-8-18)21-13-9-19(17-22)10-14-21/h4,9-10,13-15,18,20H,2-3,5-8,11-12,16H2,1H3. The summed E-state index contributed by atoms with van der Waals surface area (Å²) in [5.41, 5.74) is 2.17. The van der Waals surface area contributed by atoms with E-state index in [0.717, 1.165) is 24.5 Å². The van der Waals surface area contributed by atoms with Crippen LogP contribution in [0.2, 0.25) is 0 Å². The molecule has 1 aromatic carbocycles. The van der Waals surface area contributed by atoms with Gasteiger partial charge in [0.2, 0.25) is 0 Å². The van der Waals surface area contributed by atoms with Gasteiger partial charge in [0.25, 0.3) is 0 Å². The van der Waals surface area contributed by atoms with Gasteiger partial charge in [0, 0.05) is 0 Å². The molecule has 2 rings (SSSR count). The Hall–Kier alpha value is -1.75. The van der Waals surface area contributed by atoms with E-state index < -0.39 is 0 Å². The Morgan fingerprint density at radius 3 is 2.57 bits per heavy atom. The van der Waals surface area contributed by atoms with Gasteiger partial charge in [-0.1, -0.05) is 25.5 Å². The molecule has 0 unspecified atom stereocenters. The highest BCUT2D eigenvalue weighted by Gasteiger charge is 2.21. The Bertz CT molecular complexity index is 504. The minimum Gasteiger partial charge on any atom is -0.502 e. The molecule has 0 amide bonds. The van der Waals surface area contributed by atoms with Crippen LogP contribution in [-0.2, 0) is 4.74 Å². The summed E-state index contributed by atoms with van der Waals surface area (Å²) in [7, 11) is 0. The van der Waals surface area contributed by atoms with E-state index in [-0.39, 0.29) is 0 Å². The van der Waals surface area contributed by atoms with Gasteiger partial charge in [0.05, 0.1) is 24.5 Å². The molecule has 1 fully saturated rings. The van der Waals surface area contributed by atoms with E-state index >= 15 is 0 Å². The van der Waals surface area contributed by atoms with Crippen molar-refractivity contribution in [1.29, 1.82) is 5.26 Å². The highest BCUT2D eigenvalue weighted by atomic mass is 16.5. The fraction of sp³-hybridized carbons (Fsp3) is 0.571. The van der Waals surface area contributed by atoms with Crippen LogP contribution < -0.4 is 0 Å². The van der Waals surface area contributed by atoms with E-state index in [0.29, 0.717) is 5.92 Å². The number of benzene rings is 1.